The first-order valence-corrected chi connectivity index (χ1v) is 11.4. The largest absolute Gasteiger partial charge is 0.497 e. The molecule has 1 saturated heterocycles. The molecule has 1 aromatic carbocycles. The predicted molar refractivity (Wildman–Crippen MR) is 109 cm³/mol. The van der Waals surface area contributed by atoms with Gasteiger partial charge in [-0.2, -0.15) is 5.10 Å². The fraction of sp³-hybridized carbons (Fsp3) is 0.368. The standard InChI is InChI=1S/C19H21N3O3S2/c1-12-16(13(2)22(21-12)14-8-9-27(23,24)11-14)5-7-19-20-17-6-4-15(25-3)10-18(17)26-19/h4-7,10,14H,8-9,11H2,1-3H3/b7-5+/t14-/m0/s1. The van der Waals surface area contributed by atoms with Gasteiger partial charge in [-0.1, -0.05) is 0 Å². The van der Waals surface area contributed by atoms with Crippen molar-refractivity contribution in [2.24, 2.45) is 0 Å². The van der Waals surface area contributed by atoms with Crippen molar-refractivity contribution in [2.75, 3.05) is 18.6 Å². The Balaban J connectivity index is 1.63. The number of aryl methyl sites for hydroxylation is 1. The maximum atomic E-state index is 11.8. The first-order valence-electron chi connectivity index (χ1n) is 8.75. The molecular formula is C19H21N3O3S2. The Morgan fingerprint density at radius 3 is 2.81 bits per heavy atom. The van der Waals surface area contributed by atoms with Crippen molar-refractivity contribution in [1.82, 2.24) is 14.8 Å². The monoisotopic (exact) mass is 403 g/mol. The molecule has 1 atom stereocenters. The number of benzene rings is 1. The van der Waals surface area contributed by atoms with Gasteiger partial charge in [0.15, 0.2) is 9.84 Å². The van der Waals surface area contributed by atoms with Gasteiger partial charge < -0.3 is 4.74 Å². The van der Waals surface area contributed by atoms with Crippen molar-refractivity contribution in [3.8, 4) is 5.75 Å². The van der Waals surface area contributed by atoms with E-state index >= 15 is 0 Å². The van der Waals surface area contributed by atoms with Gasteiger partial charge in [0.25, 0.3) is 0 Å². The third-order valence-electron chi connectivity index (χ3n) is 4.94. The summed E-state index contributed by atoms with van der Waals surface area (Å²) in [5.41, 5.74) is 3.86. The van der Waals surface area contributed by atoms with Gasteiger partial charge in [-0.3, -0.25) is 4.68 Å². The highest BCUT2D eigenvalue weighted by molar-refractivity contribution is 7.91. The van der Waals surface area contributed by atoms with Gasteiger partial charge in [0.05, 0.1) is 40.6 Å². The Morgan fingerprint density at radius 2 is 2.11 bits per heavy atom. The number of methoxy groups -OCH3 is 1. The Morgan fingerprint density at radius 1 is 1.30 bits per heavy atom. The molecule has 1 aliphatic heterocycles. The number of nitrogens with zero attached hydrogens (tertiary/aromatic N) is 3. The van der Waals surface area contributed by atoms with Crippen LogP contribution in [0.15, 0.2) is 18.2 Å². The molecule has 27 heavy (non-hydrogen) atoms. The lowest BCUT2D eigenvalue weighted by Gasteiger charge is -2.10. The number of sulfone groups is 1. The summed E-state index contributed by atoms with van der Waals surface area (Å²) >= 11 is 1.61. The van der Waals surface area contributed by atoms with Crippen molar-refractivity contribution >= 4 is 43.5 Å². The maximum Gasteiger partial charge on any atom is 0.152 e. The van der Waals surface area contributed by atoms with Crippen LogP contribution < -0.4 is 4.74 Å². The Labute approximate surface area is 162 Å². The lowest BCUT2D eigenvalue weighted by atomic mass is 10.1. The average Bonchev–Trinajstić information content (AvgIpc) is 3.28. The molecule has 3 heterocycles. The van der Waals surface area contributed by atoms with E-state index < -0.39 is 9.84 Å². The smallest absolute Gasteiger partial charge is 0.152 e. The van der Waals surface area contributed by atoms with Gasteiger partial charge in [-0.25, -0.2) is 13.4 Å². The Hall–Kier alpha value is -2.19. The SMILES string of the molecule is COc1ccc2nc(/C=C/c3c(C)nn([C@H]4CCS(=O)(=O)C4)c3C)sc2c1. The third kappa shape index (κ3) is 3.51. The molecule has 3 aromatic rings. The lowest BCUT2D eigenvalue weighted by molar-refractivity contribution is 0.415. The van der Waals surface area contributed by atoms with Crippen molar-refractivity contribution in [2.45, 2.75) is 26.3 Å². The molecule has 0 amide bonds. The molecule has 1 aliphatic rings. The number of hydrogen-bond acceptors (Lipinski definition) is 6. The molecule has 0 aliphatic carbocycles. The van der Waals surface area contributed by atoms with Gasteiger partial charge in [-0.15, -0.1) is 11.3 Å². The van der Waals surface area contributed by atoms with Crippen molar-refractivity contribution in [3.63, 3.8) is 0 Å². The van der Waals surface area contributed by atoms with Gasteiger partial charge in [-0.05, 0) is 50.6 Å². The van der Waals surface area contributed by atoms with Crippen LogP contribution in [0.2, 0.25) is 0 Å². The quantitative estimate of drug-likeness (QED) is 0.665. The van der Waals surface area contributed by atoms with E-state index in [-0.39, 0.29) is 17.5 Å². The fourth-order valence-corrected chi connectivity index (χ4v) is 6.11. The number of ether oxygens (including phenoxy) is 1. The number of aromatic nitrogens is 3. The zero-order valence-electron chi connectivity index (χ0n) is 15.5. The zero-order valence-corrected chi connectivity index (χ0v) is 17.1. The summed E-state index contributed by atoms with van der Waals surface area (Å²) in [6.07, 6.45) is 4.64. The minimum Gasteiger partial charge on any atom is -0.497 e. The van der Waals surface area contributed by atoms with E-state index in [1.54, 1.807) is 18.4 Å². The maximum absolute atomic E-state index is 11.8. The summed E-state index contributed by atoms with van der Waals surface area (Å²) in [6.45, 7) is 3.95. The van der Waals surface area contributed by atoms with Gasteiger partial charge >= 0.3 is 0 Å². The van der Waals surface area contributed by atoms with Crippen LogP contribution in [0.25, 0.3) is 22.4 Å². The molecule has 142 valence electrons. The molecule has 4 rings (SSSR count). The minimum absolute atomic E-state index is 0.0641. The summed E-state index contributed by atoms with van der Waals surface area (Å²) in [7, 11) is -1.28. The minimum atomic E-state index is -2.94. The highest BCUT2D eigenvalue weighted by atomic mass is 32.2. The summed E-state index contributed by atoms with van der Waals surface area (Å²) < 4.78 is 31.8. The lowest BCUT2D eigenvalue weighted by Crippen LogP contribution is -2.13. The van der Waals surface area contributed by atoms with Crippen molar-refractivity contribution in [3.05, 3.63) is 40.2 Å². The summed E-state index contributed by atoms with van der Waals surface area (Å²) in [5, 5.41) is 5.51. The number of thiazole rings is 1. The van der Waals surface area contributed by atoms with E-state index in [9.17, 15) is 8.42 Å². The normalized spacial score (nSPS) is 19.3. The second-order valence-electron chi connectivity index (χ2n) is 6.81. The van der Waals surface area contributed by atoms with Crippen LogP contribution in [-0.2, 0) is 9.84 Å². The van der Waals surface area contributed by atoms with E-state index in [1.165, 1.54) is 0 Å². The van der Waals surface area contributed by atoms with Crippen molar-refractivity contribution < 1.29 is 13.2 Å². The second kappa shape index (κ2) is 6.76. The first kappa shape index (κ1) is 18.2. The first-order chi connectivity index (χ1) is 12.9. The van der Waals surface area contributed by atoms with Gasteiger partial charge in [0.1, 0.15) is 10.8 Å². The molecule has 6 nitrogen and oxygen atoms in total. The predicted octanol–water partition coefficient (Wildman–Crippen LogP) is 3.65. The molecule has 0 saturated carbocycles. The van der Waals surface area contributed by atoms with E-state index in [2.05, 4.69) is 10.1 Å². The van der Waals surface area contributed by atoms with Gasteiger partial charge in [0.2, 0.25) is 0 Å². The van der Waals surface area contributed by atoms with Crippen LogP contribution in [0, 0.1) is 13.8 Å². The molecule has 0 N–H and O–H groups in total. The molecule has 8 heteroatoms. The Kier molecular flexibility index (Phi) is 4.55. The van der Waals surface area contributed by atoms with Crippen LogP contribution in [-0.4, -0.2) is 41.8 Å². The number of fused-ring (bicyclic) bond motifs is 1. The molecule has 0 unspecified atom stereocenters. The summed E-state index contributed by atoms with van der Waals surface area (Å²) in [4.78, 5) is 4.64. The third-order valence-corrected chi connectivity index (χ3v) is 7.67. The van der Waals surface area contributed by atoms with E-state index in [0.29, 0.717) is 6.42 Å². The van der Waals surface area contributed by atoms with Crippen LogP contribution in [0.5, 0.6) is 5.75 Å². The number of hydrogen-bond donors (Lipinski definition) is 0. The van der Waals surface area contributed by atoms with E-state index in [1.807, 2.05) is 48.9 Å². The average molecular weight is 404 g/mol. The summed E-state index contributed by atoms with van der Waals surface area (Å²) in [5.74, 6) is 1.25. The van der Waals surface area contributed by atoms with E-state index in [4.69, 9.17) is 4.74 Å². The molecule has 2 aromatic heterocycles. The molecule has 0 radical (unpaired) electrons. The topological polar surface area (TPSA) is 74.1 Å². The highest BCUT2D eigenvalue weighted by Crippen LogP contribution is 2.29. The summed E-state index contributed by atoms with van der Waals surface area (Å²) in [6, 6.07) is 5.78. The van der Waals surface area contributed by atoms with Gasteiger partial charge in [0, 0.05) is 11.3 Å². The zero-order chi connectivity index (χ0) is 19.2. The van der Waals surface area contributed by atoms with Crippen LogP contribution in [0.3, 0.4) is 0 Å². The second-order valence-corrected chi connectivity index (χ2v) is 10.1. The number of rotatable bonds is 4. The van der Waals surface area contributed by atoms with Crippen LogP contribution in [0.1, 0.15) is 34.4 Å². The molecular weight excluding hydrogens is 382 g/mol. The highest BCUT2D eigenvalue weighted by Gasteiger charge is 2.31. The van der Waals surface area contributed by atoms with E-state index in [0.717, 1.165) is 37.9 Å². The fourth-order valence-electron chi connectivity index (χ4n) is 3.52. The Bertz CT molecular complexity index is 1140. The van der Waals surface area contributed by atoms with Crippen LogP contribution in [0.4, 0.5) is 0 Å². The molecule has 0 bridgehead atoms. The van der Waals surface area contributed by atoms with Crippen LogP contribution >= 0.6 is 11.3 Å². The molecule has 0 spiro atoms. The van der Waals surface area contributed by atoms with Crippen molar-refractivity contribution in [1.29, 1.82) is 0 Å². The molecule has 1 fully saturated rings.